The van der Waals surface area contributed by atoms with E-state index in [9.17, 15) is 0 Å². The van der Waals surface area contributed by atoms with Crippen LogP contribution in [-0.2, 0) is 4.74 Å². The van der Waals surface area contributed by atoms with Crippen LogP contribution in [0.2, 0.25) is 0 Å². The van der Waals surface area contributed by atoms with E-state index in [2.05, 4.69) is 0 Å². The van der Waals surface area contributed by atoms with Gasteiger partial charge in [0.1, 0.15) is 0 Å². The highest BCUT2D eigenvalue weighted by molar-refractivity contribution is 4.34. The standard InChI is InChI=1S/C4H10O2.C3H8O2/c1-2-6-4-3-5;1-3(5)2-4/h5H,2-4H2,1H3;3-5H,2H2,1H3. The Morgan fingerprint density at radius 3 is 1.91 bits per heavy atom. The van der Waals surface area contributed by atoms with E-state index in [0.717, 1.165) is 0 Å². The lowest BCUT2D eigenvalue weighted by Gasteiger charge is -1.91. The minimum atomic E-state index is -0.560. The molecule has 0 aliphatic heterocycles. The lowest BCUT2D eigenvalue weighted by Crippen LogP contribution is -2.03. The van der Waals surface area contributed by atoms with Crippen LogP contribution in [0.15, 0.2) is 0 Å². The first-order valence-electron chi connectivity index (χ1n) is 3.66. The predicted octanol–water partition coefficient (Wildman–Crippen LogP) is -0.625. The van der Waals surface area contributed by atoms with Crippen LogP contribution in [0, 0.1) is 0 Å². The molecule has 11 heavy (non-hydrogen) atoms. The fourth-order valence-electron chi connectivity index (χ4n) is 0.209. The molecule has 0 radical (unpaired) electrons. The fraction of sp³-hybridized carbons (Fsp3) is 1.00. The highest BCUT2D eigenvalue weighted by Crippen LogP contribution is 1.68. The minimum Gasteiger partial charge on any atom is -0.394 e. The van der Waals surface area contributed by atoms with Crippen molar-refractivity contribution < 1.29 is 20.1 Å². The molecular formula is C7H18O4. The summed E-state index contributed by atoms with van der Waals surface area (Å²) in [7, 11) is 0. The lowest BCUT2D eigenvalue weighted by molar-refractivity contribution is 0.102. The van der Waals surface area contributed by atoms with Crippen molar-refractivity contribution in [2.24, 2.45) is 0 Å². The number of aliphatic hydroxyl groups excluding tert-OH is 3. The summed E-state index contributed by atoms with van der Waals surface area (Å²) in [6.07, 6.45) is -0.560. The molecule has 0 aromatic carbocycles. The van der Waals surface area contributed by atoms with Crippen molar-refractivity contribution in [1.82, 2.24) is 0 Å². The average molecular weight is 166 g/mol. The predicted molar refractivity (Wildman–Crippen MR) is 42.3 cm³/mol. The zero-order chi connectivity index (χ0) is 9.11. The maximum absolute atomic E-state index is 8.11. The van der Waals surface area contributed by atoms with E-state index < -0.39 is 6.10 Å². The molecule has 0 aromatic heterocycles. The van der Waals surface area contributed by atoms with Gasteiger partial charge in [0.05, 0.1) is 25.9 Å². The topological polar surface area (TPSA) is 69.9 Å². The van der Waals surface area contributed by atoms with Crippen molar-refractivity contribution in [2.75, 3.05) is 26.4 Å². The van der Waals surface area contributed by atoms with E-state index in [-0.39, 0.29) is 13.2 Å². The smallest absolute Gasteiger partial charge is 0.0742 e. The Labute approximate surface area is 67.4 Å². The van der Waals surface area contributed by atoms with Gasteiger partial charge >= 0.3 is 0 Å². The third-order valence-corrected chi connectivity index (χ3v) is 0.704. The van der Waals surface area contributed by atoms with Gasteiger partial charge in [0.25, 0.3) is 0 Å². The molecule has 0 aliphatic carbocycles. The van der Waals surface area contributed by atoms with Crippen molar-refractivity contribution in [1.29, 1.82) is 0 Å². The summed E-state index contributed by atoms with van der Waals surface area (Å²) >= 11 is 0. The van der Waals surface area contributed by atoms with Gasteiger partial charge in [0, 0.05) is 6.61 Å². The quantitative estimate of drug-likeness (QED) is 0.487. The summed E-state index contributed by atoms with van der Waals surface area (Å²) in [6, 6.07) is 0. The lowest BCUT2D eigenvalue weighted by atomic mass is 10.5. The molecule has 1 unspecified atom stereocenters. The second-order valence-corrected chi connectivity index (χ2v) is 1.95. The molecule has 0 rings (SSSR count). The summed E-state index contributed by atoms with van der Waals surface area (Å²) < 4.78 is 4.73. The van der Waals surface area contributed by atoms with Crippen molar-refractivity contribution in [3.8, 4) is 0 Å². The van der Waals surface area contributed by atoms with Gasteiger partial charge in [-0.2, -0.15) is 0 Å². The molecule has 0 spiro atoms. The Morgan fingerprint density at radius 1 is 1.36 bits per heavy atom. The number of hydrogen-bond acceptors (Lipinski definition) is 4. The van der Waals surface area contributed by atoms with Gasteiger partial charge in [-0.25, -0.2) is 0 Å². The van der Waals surface area contributed by atoms with Crippen molar-refractivity contribution in [3.05, 3.63) is 0 Å². The van der Waals surface area contributed by atoms with Gasteiger partial charge in [0.2, 0.25) is 0 Å². The van der Waals surface area contributed by atoms with Crippen LogP contribution >= 0.6 is 0 Å². The second-order valence-electron chi connectivity index (χ2n) is 1.95. The van der Waals surface area contributed by atoms with Gasteiger partial charge in [-0.15, -0.1) is 0 Å². The molecular weight excluding hydrogens is 148 g/mol. The van der Waals surface area contributed by atoms with Gasteiger partial charge in [-0.3, -0.25) is 0 Å². The molecule has 0 fully saturated rings. The molecule has 0 amide bonds. The Bertz CT molecular complexity index is 52.4. The van der Waals surface area contributed by atoms with Crippen molar-refractivity contribution >= 4 is 0 Å². The number of aliphatic hydroxyl groups is 3. The first-order chi connectivity index (χ1) is 5.18. The van der Waals surface area contributed by atoms with Gasteiger partial charge in [-0.1, -0.05) is 0 Å². The molecule has 0 bridgehead atoms. The SMILES string of the molecule is CC(O)CO.CCOCCO. The number of ether oxygens (including phenoxy) is 1. The fourth-order valence-corrected chi connectivity index (χ4v) is 0.209. The van der Waals surface area contributed by atoms with Gasteiger partial charge in [-0.05, 0) is 13.8 Å². The summed E-state index contributed by atoms with van der Waals surface area (Å²) in [5.74, 6) is 0. The van der Waals surface area contributed by atoms with Gasteiger partial charge in [0.15, 0.2) is 0 Å². The summed E-state index contributed by atoms with van der Waals surface area (Å²) in [5.41, 5.74) is 0. The minimum absolute atomic E-state index is 0.133. The van der Waals surface area contributed by atoms with E-state index in [1.54, 1.807) is 0 Å². The Morgan fingerprint density at radius 2 is 1.82 bits per heavy atom. The van der Waals surface area contributed by atoms with E-state index in [1.807, 2.05) is 6.92 Å². The summed E-state index contributed by atoms with van der Waals surface area (Å²) in [4.78, 5) is 0. The van der Waals surface area contributed by atoms with E-state index in [1.165, 1.54) is 6.92 Å². The third-order valence-electron chi connectivity index (χ3n) is 0.704. The second kappa shape index (κ2) is 12.5. The molecule has 0 aromatic rings. The van der Waals surface area contributed by atoms with Gasteiger partial charge < -0.3 is 20.1 Å². The van der Waals surface area contributed by atoms with Crippen molar-refractivity contribution in [3.63, 3.8) is 0 Å². The maximum atomic E-state index is 8.11. The van der Waals surface area contributed by atoms with Crippen LogP contribution in [0.3, 0.4) is 0 Å². The maximum Gasteiger partial charge on any atom is 0.0742 e. The molecule has 0 saturated carbocycles. The van der Waals surface area contributed by atoms with E-state index in [0.29, 0.717) is 13.2 Å². The van der Waals surface area contributed by atoms with Crippen LogP contribution in [0.25, 0.3) is 0 Å². The molecule has 4 heteroatoms. The van der Waals surface area contributed by atoms with Crippen molar-refractivity contribution in [2.45, 2.75) is 20.0 Å². The molecule has 0 heterocycles. The molecule has 3 N–H and O–H groups in total. The molecule has 70 valence electrons. The third kappa shape index (κ3) is 25.8. The highest BCUT2D eigenvalue weighted by atomic mass is 16.5. The number of hydrogen-bond donors (Lipinski definition) is 3. The Hall–Kier alpha value is -0.160. The largest absolute Gasteiger partial charge is 0.394 e. The molecule has 4 nitrogen and oxygen atoms in total. The van der Waals surface area contributed by atoms with E-state index >= 15 is 0 Å². The summed E-state index contributed by atoms with van der Waals surface area (Å²) in [6.45, 7) is 4.58. The highest BCUT2D eigenvalue weighted by Gasteiger charge is 1.83. The molecule has 1 atom stereocenters. The normalized spacial score (nSPS) is 11.7. The first-order valence-corrected chi connectivity index (χ1v) is 3.66. The van der Waals surface area contributed by atoms with Crippen LogP contribution in [0.5, 0.6) is 0 Å². The monoisotopic (exact) mass is 166 g/mol. The average Bonchev–Trinajstić information content (AvgIpc) is 2.02. The van der Waals surface area contributed by atoms with Crippen LogP contribution in [0.1, 0.15) is 13.8 Å². The van der Waals surface area contributed by atoms with Crippen LogP contribution in [0.4, 0.5) is 0 Å². The first kappa shape index (κ1) is 13.4. The zero-order valence-corrected chi connectivity index (χ0v) is 7.16. The summed E-state index contributed by atoms with van der Waals surface area (Å²) in [5, 5.41) is 24.1. The van der Waals surface area contributed by atoms with E-state index in [4.69, 9.17) is 20.1 Å². The Kier molecular flexibility index (Phi) is 15.3. The zero-order valence-electron chi connectivity index (χ0n) is 7.16. The van der Waals surface area contributed by atoms with Crippen LogP contribution in [-0.4, -0.2) is 47.9 Å². The molecule has 0 aliphatic rings. The molecule has 0 saturated heterocycles. The number of rotatable bonds is 4. The Balaban J connectivity index is 0. The van der Waals surface area contributed by atoms with Crippen LogP contribution < -0.4 is 0 Å².